The molecule has 0 radical (unpaired) electrons. The number of aryl methyl sites for hydroxylation is 1. The van der Waals surface area contributed by atoms with Crippen molar-refractivity contribution in [2.24, 2.45) is 0 Å². The fourth-order valence-corrected chi connectivity index (χ4v) is 2.86. The van der Waals surface area contributed by atoms with Gasteiger partial charge in [-0.3, -0.25) is 0 Å². The van der Waals surface area contributed by atoms with Crippen molar-refractivity contribution in [1.82, 2.24) is 15.1 Å². The third-order valence-corrected chi connectivity index (χ3v) is 4.46. The van der Waals surface area contributed by atoms with E-state index in [1.807, 2.05) is 0 Å². The Labute approximate surface area is 173 Å². The number of rotatable bonds is 5. The fourth-order valence-electron chi connectivity index (χ4n) is 2.86. The van der Waals surface area contributed by atoms with E-state index in [0.29, 0.717) is 6.20 Å². The molecule has 164 valence electrons. The minimum absolute atomic E-state index is 0.0271. The molecule has 0 unspecified atom stereocenters. The molecule has 0 bridgehead atoms. The molecule has 2 amide bonds. The molecule has 2 aromatic carbocycles. The number of alkyl halides is 3. The second kappa shape index (κ2) is 8.72. The van der Waals surface area contributed by atoms with Gasteiger partial charge in [-0.25, -0.2) is 18.3 Å². The molecule has 11 heteroatoms. The molecule has 6 nitrogen and oxygen atoms in total. The third kappa shape index (κ3) is 5.00. The van der Waals surface area contributed by atoms with E-state index < -0.39 is 42.6 Å². The molecular formula is C20H17F5N4O2. The van der Waals surface area contributed by atoms with Crippen LogP contribution in [0.1, 0.15) is 22.4 Å². The number of aliphatic hydroxyl groups excluding tert-OH is 1. The van der Waals surface area contributed by atoms with Crippen LogP contribution in [-0.4, -0.2) is 20.9 Å². The second-order valence-corrected chi connectivity index (χ2v) is 6.62. The first-order valence-electron chi connectivity index (χ1n) is 8.95. The zero-order valence-electron chi connectivity index (χ0n) is 16.1. The van der Waals surface area contributed by atoms with Crippen molar-refractivity contribution >= 4 is 11.7 Å². The van der Waals surface area contributed by atoms with Gasteiger partial charge in [-0.2, -0.15) is 18.3 Å². The SMILES string of the molecule is Cc1cc(-n2ncc(C(F)(F)F)c2CNC(=O)Nc2ccc(CO)c(F)c2)ccc1F. The van der Waals surface area contributed by atoms with Crippen LogP contribution in [0.3, 0.4) is 0 Å². The first-order chi connectivity index (χ1) is 14.6. The zero-order valence-corrected chi connectivity index (χ0v) is 16.1. The van der Waals surface area contributed by atoms with E-state index in [1.165, 1.54) is 31.2 Å². The highest BCUT2D eigenvalue weighted by atomic mass is 19.4. The molecule has 3 N–H and O–H groups in total. The molecule has 0 saturated heterocycles. The maximum atomic E-state index is 13.7. The van der Waals surface area contributed by atoms with E-state index in [4.69, 9.17) is 5.11 Å². The Hall–Kier alpha value is -3.47. The van der Waals surface area contributed by atoms with Crippen LogP contribution in [-0.2, 0) is 19.3 Å². The van der Waals surface area contributed by atoms with E-state index >= 15 is 0 Å². The molecule has 0 spiro atoms. The summed E-state index contributed by atoms with van der Waals surface area (Å²) in [6.45, 7) is 0.374. The van der Waals surface area contributed by atoms with Crippen LogP contribution in [0.25, 0.3) is 5.69 Å². The lowest BCUT2D eigenvalue weighted by Crippen LogP contribution is -2.30. The van der Waals surface area contributed by atoms with Gasteiger partial charge < -0.3 is 15.7 Å². The van der Waals surface area contributed by atoms with Gasteiger partial charge in [-0.1, -0.05) is 6.07 Å². The Morgan fingerprint density at radius 2 is 1.87 bits per heavy atom. The lowest BCUT2D eigenvalue weighted by molar-refractivity contribution is -0.138. The number of hydrogen-bond donors (Lipinski definition) is 3. The van der Waals surface area contributed by atoms with E-state index in [0.717, 1.165) is 16.8 Å². The number of aliphatic hydroxyl groups is 1. The highest BCUT2D eigenvalue weighted by molar-refractivity contribution is 5.89. The van der Waals surface area contributed by atoms with Gasteiger partial charge in [0.05, 0.1) is 36.3 Å². The van der Waals surface area contributed by atoms with Gasteiger partial charge >= 0.3 is 12.2 Å². The molecule has 0 aliphatic rings. The summed E-state index contributed by atoms with van der Waals surface area (Å²) < 4.78 is 68.4. The average molecular weight is 440 g/mol. The molecule has 0 fully saturated rings. The van der Waals surface area contributed by atoms with Gasteiger partial charge in [0.25, 0.3) is 0 Å². The summed E-state index contributed by atoms with van der Waals surface area (Å²) in [6, 6.07) is 6.39. The van der Waals surface area contributed by atoms with E-state index in [9.17, 15) is 26.7 Å². The molecule has 3 rings (SSSR count). The first-order valence-corrected chi connectivity index (χ1v) is 8.95. The van der Waals surface area contributed by atoms with Gasteiger partial charge in [-0.05, 0) is 42.8 Å². The summed E-state index contributed by atoms with van der Waals surface area (Å²) in [4.78, 5) is 12.1. The highest BCUT2D eigenvalue weighted by Gasteiger charge is 2.36. The molecule has 1 heterocycles. The molecule has 0 atom stereocenters. The number of carbonyl (C=O) groups excluding carboxylic acids is 1. The Morgan fingerprint density at radius 3 is 2.48 bits per heavy atom. The normalized spacial score (nSPS) is 11.5. The van der Waals surface area contributed by atoms with Gasteiger partial charge in [0.1, 0.15) is 11.6 Å². The van der Waals surface area contributed by atoms with Crippen molar-refractivity contribution in [3.8, 4) is 5.69 Å². The van der Waals surface area contributed by atoms with E-state index in [-0.39, 0.29) is 28.2 Å². The number of nitrogens with zero attached hydrogens (tertiary/aromatic N) is 2. The fraction of sp³-hybridized carbons (Fsp3) is 0.200. The smallest absolute Gasteiger partial charge is 0.392 e. The predicted molar refractivity (Wildman–Crippen MR) is 101 cm³/mol. The van der Waals surface area contributed by atoms with Crippen molar-refractivity contribution in [3.05, 3.63) is 76.6 Å². The number of amides is 2. The number of urea groups is 1. The average Bonchev–Trinajstić information content (AvgIpc) is 3.13. The van der Waals surface area contributed by atoms with Gasteiger partial charge in [0.2, 0.25) is 0 Å². The van der Waals surface area contributed by atoms with Crippen LogP contribution >= 0.6 is 0 Å². The van der Waals surface area contributed by atoms with Crippen molar-refractivity contribution < 1.29 is 31.9 Å². The minimum Gasteiger partial charge on any atom is -0.392 e. The van der Waals surface area contributed by atoms with Crippen molar-refractivity contribution in [2.45, 2.75) is 26.3 Å². The van der Waals surface area contributed by atoms with Gasteiger partial charge in [0.15, 0.2) is 0 Å². The topological polar surface area (TPSA) is 79.2 Å². The monoisotopic (exact) mass is 440 g/mol. The molecule has 1 aromatic heterocycles. The summed E-state index contributed by atoms with van der Waals surface area (Å²) in [5.74, 6) is -1.27. The Kier molecular flexibility index (Phi) is 6.25. The Balaban J connectivity index is 1.82. The number of carbonyl (C=O) groups is 1. The first kappa shape index (κ1) is 22.2. The molecule has 0 saturated carbocycles. The summed E-state index contributed by atoms with van der Waals surface area (Å²) in [5.41, 5.74) is -0.950. The quantitative estimate of drug-likeness (QED) is 0.518. The number of hydrogen-bond acceptors (Lipinski definition) is 3. The zero-order chi connectivity index (χ0) is 22.8. The summed E-state index contributed by atoms with van der Waals surface area (Å²) >= 11 is 0. The molecule has 3 aromatic rings. The standard InChI is InChI=1S/C20H17F5N4O2/c1-11-6-14(4-5-16(11)21)29-18(15(8-27-29)20(23,24)25)9-26-19(31)28-13-3-2-12(10-30)17(22)7-13/h2-8,30H,9-10H2,1H3,(H2,26,28,31). The number of anilines is 1. The highest BCUT2D eigenvalue weighted by Crippen LogP contribution is 2.33. The van der Waals surface area contributed by atoms with Crippen LogP contribution in [0.4, 0.5) is 32.4 Å². The summed E-state index contributed by atoms with van der Waals surface area (Å²) in [6.07, 6.45) is -4.11. The molecule has 0 aliphatic carbocycles. The van der Waals surface area contributed by atoms with Crippen LogP contribution in [0.15, 0.2) is 42.6 Å². The van der Waals surface area contributed by atoms with E-state index in [2.05, 4.69) is 15.7 Å². The maximum Gasteiger partial charge on any atom is 0.419 e. The lowest BCUT2D eigenvalue weighted by atomic mass is 10.2. The third-order valence-electron chi connectivity index (χ3n) is 4.46. The summed E-state index contributed by atoms with van der Waals surface area (Å²) in [5, 5.41) is 17.3. The molecule has 0 aliphatic heterocycles. The van der Waals surface area contributed by atoms with Crippen LogP contribution < -0.4 is 10.6 Å². The van der Waals surface area contributed by atoms with Crippen molar-refractivity contribution in [2.75, 3.05) is 5.32 Å². The minimum atomic E-state index is -4.73. The lowest BCUT2D eigenvalue weighted by Gasteiger charge is -2.14. The summed E-state index contributed by atoms with van der Waals surface area (Å²) in [7, 11) is 0. The predicted octanol–water partition coefficient (Wildman–Crippen LogP) is 4.29. The Bertz CT molecular complexity index is 1110. The van der Waals surface area contributed by atoms with E-state index in [1.54, 1.807) is 0 Å². The second-order valence-electron chi connectivity index (χ2n) is 6.62. The van der Waals surface area contributed by atoms with Crippen LogP contribution in [0.5, 0.6) is 0 Å². The van der Waals surface area contributed by atoms with Gasteiger partial charge in [0, 0.05) is 11.3 Å². The number of halogens is 5. The van der Waals surface area contributed by atoms with Crippen molar-refractivity contribution in [3.63, 3.8) is 0 Å². The molecular weight excluding hydrogens is 423 g/mol. The Morgan fingerprint density at radius 1 is 1.13 bits per heavy atom. The number of aromatic nitrogens is 2. The number of benzene rings is 2. The van der Waals surface area contributed by atoms with Crippen molar-refractivity contribution in [1.29, 1.82) is 0 Å². The van der Waals surface area contributed by atoms with Crippen LogP contribution in [0, 0.1) is 18.6 Å². The maximum absolute atomic E-state index is 13.7. The molecule has 31 heavy (non-hydrogen) atoms. The van der Waals surface area contributed by atoms with Crippen LogP contribution in [0.2, 0.25) is 0 Å². The largest absolute Gasteiger partial charge is 0.419 e. The van der Waals surface area contributed by atoms with Gasteiger partial charge in [-0.15, -0.1) is 0 Å². The number of nitrogens with one attached hydrogen (secondary N) is 2.